The van der Waals surface area contributed by atoms with Gasteiger partial charge < -0.3 is 5.73 Å². The van der Waals surface area contributed by atoms with Crippen molar-refractivity contribution in [3.05, 3.63) is 65.2 Å². The van der Waals surface area contributed by atoms with E-state index in [-0.39, 0.29) is 0 Å². The lowest BCUT2D eigenvalue weighted by Crippen LogP contribution is -2.06. The van der Waals surface area contributed by atoms with E-state index in [1.807, 2.05) is 42.5 Å². The van der Waals surface area contributed by atoms with E-state index in [2.05, 4.69) is 13.0 Å². The lowest BCUT2D eigenvalue weighted by atomic mass is 10.1. The minimum absolute atomic E-state index is 0.624. The fraction of sp³-hybridized carbons (Fsp3) is 0.250. The van der Waals surface area contributed by atoms with Crippen LogP contribution in [0, 0.1) is 6.92 Å². The second-order valence-corrected chi connectivity index (χ2v) is 6.24. The van der Waals surface area contributed by atoms with E-state index in [0.29, 0.717) is 11.5 Å². The molecule has 2 rings (SSSR count). The molecule has 2 aromatic carbocycles. The molecule has 3 heteroatoms. The summed E-state index contributed by atoms with van der Waals surface area (Å²) < 4.78 is 12.1. The number of nitrogens with two attached hydrogens (primary N) is 1. The van der Waals surface area contributed by atoms with E-state index in [9.17, 15) is 4.21 Å². The number of benzene rings is 2. The van der Waals surface area contributed by atoms with Crippen LogP contribution in [-0.2, 0) is 23.0 Å². The molecule has 1 atom stereocenters. The topological polar surface area (TPSA) is 43.1 Å². The van der Waals surface area contributed by atoms with Crippen LogP contribution in [0.3, 0.4) is 0 Å². The van der Waals surface area contributed by atoms with Crippen LogP contribution in [0.15, 0.2) is 48.5 Å². The molecule has 0 spiro atoms. The van der Waals surface area contributed by atoms with Gasteiger partial charge in [0, 0.05) is 28.0 Å². The normalized spacial score (nSPS) is 12.3. The molecule has 1 unspecified atom stereocenters. The third-order valence-corrected chi connectivity index (χ3v) is 4.52. The molecular formula is C16H19NOS. The standard InChI is InChI=1S/C16H19NOS/c1-13-6-2-3-8-15(13)12-19(18)11-10-14-7-4-5-9-16(14)17/h2-9H,10-12,17H2,1H3. The molecule has 19 heavy (non-hydrogen) atoms. The maximum atomic E-state index is 12.1. The molecule has 0 fully saturated rings. The first kappa shape index (κ1) is 13.8. The van der Waals surface area contributed by atoms with E-state index in [0.717, 1.165) is 17.7 Å². The van der Waals surface area contributed by atoms with Crippen LogP contribution < -0.4 is 5.73 Å². The van der Waals surface area contributed by atoms with Gasteiger partial charge in [-0.05, 0) is 36.1 Å². The maximum absolute atomic E-state index is 12.1. The van der Waals surface area contributed by atoms with Gasteiger partial charge in [-0.15, -0.1) is 0 Å². The monoisotopic (exact) mass is 273 g/mol. The molecule has 0 amide bonds. The van der Waals surface area contributed by atoms with Gasteiger partial charge in [0.25, 0.3) is 0 Å². The fourth-order valence-electron chi connectivity index (χ4n) is 2.00. The molecule has 0 radical (unpaired) electrons. The highest BCUT2D eigenvalue weighted by Crippen LogP contribution is 2.14. The van der Waals surface area contributed by atoms with Gasteiger partial charge in [-0.3, -0.25) is 4.21 Å². The first-order valence-corrected chi connectivity index (χ1v) is 7.88. The Hall–Kier alpha value is -1.61. The van der Waals surface area contributed by atoms with E-state index >= 15 is 0 Å². The van der Waals surface area contributed by atoms with Gasteiger partial charge in [0.2, 0.25) is 0 Å². The average Bonchev–Trinajstić information content (AvgIpc) is 2.40. The Bertz CT molecular complexity index is 580. The first-order valence-electron chi connectivity index (χ1n) is 6.39. The summed E-state index contributed by atoms with van der Waals surface area (Å²) >= 11 is 0. The molecule has 0 saturated heterocycles. The Morgan fingerprint density at radius 1 is 1.00 bits per heavy atom. The predicted octanol–water partition coefficient (Wildman–Crippen LogP) is 3.07. The van der Waals surface area contributed by atoms with Crippen LogP contribution in [-0.4, -0.2) is 9.96 Å². The number of hydrogen-bond acceptors (Lipinski definition) is 2. The molecule has 0 aromatic heterocycles. The third kappa shape index (κ3) is 3.93. The maximum Gasteiger partial charge on any atom is 0.0488 e. The van der Waals surface area contributed by atoms with Gasteiger partial charge >= 0.3 is 0 Å². The minimum Gasteiger partial charge on any atom is -0.399 e. The van der Waals surface area contributed by atoms with Crippen molar-refractivity contribution in [2.45, 2.75) is 19.1 Å². The third-order valence-electron chi connectivity index (χ3n) is 3.23. The van der Waals surface area contributed by atoms with Crippen molar-refractivity contribution in [1.29, 1.82) is 0 Å². The highest BCUT2D eigenvalue weighted by atomic mass is 32.2. The summed E-state index contributed by atoms with van der Waals surface area (Å²) in [7, 11) is -0.846. The van der Waals surface area contributed by atoms with Gasteiger partial charge in [0.1, 0.15) is 0 Å². The minimum atomic E-state index is -0.846. The summed E-state index contributed by atoms with van der Waals surface area (Å²) in [4.78, 5) is 0. The van der Waals surface area contributed by atoms with Gasteiger partial charge in [-0.1, -0.05) is 42.5 Å². The van der Waals surface area contributed by atoms with Crippen LogP contribution in [0.4, 0.5) is 5.69 Å². The summed E-state index contributed by atoms with van der Waals surface area (Å²) in [5, 5.41) is 0. The molecule has 0 bridgehead atoms. The second kappa shape index (κ2) is 6.53. The van der Waals surface area contributed by atoms with Crippen LogP contribution >= 0.6 is 0 Å². The quantitative estimate of drug-likeness (QED) is 0.851. The molecule has 0 aliphatic rings. The Balaban J connectivity index is 1.92. The van der Waals surface area contributed by atoms with Crippen LogP contribution in [0.2, 0.25) is 0 Å². The smallest absolute Gasteiger partial charge is 0.0488 e. The average molecular weight is 273 g/mol. The van der Waals surface area contributed by atoms with Crippen molar-refractivity contribution in [2.75, 3.05) is 11.5 Å². The molecule has 0 heterocycles. The highest BCUT2D eigenvalue weighted by Gasteiger charge is 2.06. The van der Waals surface area contributed by atoms with Crippen molar-refractivity contribution in [3.8, 4) is 0 Å². The van der Waals surface area contributed by atoms with E-state index in [1.165, 1.54) is 11.1 Å². The SMILES string of the molecule is Cc1ccccc1CS(=O)CCc1ccccc1N. The predicted molar refractivity (Wildman–Crippen MR) is 82.5 cm³/mol. The fourth-order valence-corrected chi connectivity index (χ4v) is 3.27. The van der Waals surface area contributed by atoms with Crippen molar-refractivity contribution in [1.82, 2.24) is 0 Å². The second-order valence-electron chi connectivity index (χ2n) is 4.66. The summed E-state index contributed by atoms with van der Waals surface area (Å²) in [6.07, 6.45) is 0.769. The van der Waals surface area contributed by atoms with Gasteiger partial charge in [-0.25, -0.2) is 0 Å². The van der Waals surface area contributed by atoms with Crippen molar-refractivity contribution >= 4 is 16.5 Å². The van der Waals surface area contributed by atoms with Crippen LogP contribution in [0.25, 0.3) is 0 Å². The van der Waals surface area contributed by atoms with Gasteiger partial charge in [0.05, 0.1) is 0 Å². The summed E-state index contributed by atoms with van der Waals surface area (Å²) in [6, 6.07) is 15.9. The zero-order valence-electron chi connectivity index (χ0n) is 11.1. The largest absolute Gasteiger partial charge is 0.399 e. The molecule has 0 aliphatic carbocycles. The number of rotatable bonds is 5. The Labute approximate surface area is 117 Å². The lowest BCUT2D eigenvalue weighted by molar-refractivity contribution is 0.682. The van der Waals surface area contributed by atoms with E-state index in [1.54, 1.807) is 0 Å². The molecule has 0 aliphatic heterocycles. The molecule has 2 N–H and O–H groups in total. The van der Waals surface area contributed by atoms with E-state index < -0.39 is 10.8 Å². The Kier molecular flexibility index (Phi) is 4.74. The zero-order valence-corrected chi connectivity index (χ0v) is 12.0. The molecular weight excluding hydrogens is 254 g/mol. The lowest BCUT2D eigenvalue weighted by Gasteiger charge is -2.07. The molecule has 2 nitrogen and oxygen atoms in total. The van der Waals surface area contributed by atoms with Gasteiger partial charge in [-0.2, -0.15) is 0 Å². The number of anilines is 1. The van der Waals surface area contributed by atoms with Crippen molar-refractivity contribution < 1.29 is 4.21 Å². The molecule has 100 valence electrons. The first-order chi connectivity index (χ1) is 9.16. The number of hydrogen-bond donors (Lipinski definition) is 1. The Morgan fingerprint density at radius 2 is 1.63 bits per heavy atom. The molecule has 2 aromatic rings. The number of para-hydroxylation sites is 1. The van der Waals surface area contributed by atoms with Crippen molar-refractivity contribution in [2.24, 2.45) is 0 Å². The van der Waals surface area contributed by atoms with Crippen LogP contribution in [0.5, 0.6) is 0 Å². The van der Waals surface area contributed by atoms with Gasteiger partial charge in [0.15, 0.2) is 0 Å². The summed E-state index contributed by atoms with van der Waals surface area (Å²) in [5.74, 6) is 1.28. The van der Waals surface area contributed by atoms with Crippen LogP contribution in [0.1, 0.15) is 16.7 Å². The highest BCUT2D eigenvalue weighted by molar-refractivity contribution is 7.84. The zero-order chi connectivity index (χ0) is 13.7. The summed E-state index contributed by atoms with van der Waals surface area (Å²) in [6.45, 7) is 2.06. The van der Waals surface area contributed by atoms with E-state index in [4.69, 9.17) is 5.73 Å². The number of aryl methyl sites for hydroxylation is 2. The van der Waals surface area contributed by atoms with Crippen molar-refractivity contribution in [3.63, 3.8) is 0 Å². The number of nitrogen functional groups attached to an aromatic ring is 1. The Morgan fingerprint density at radius 3 is 2.32 bits per heavy atom. The molecule has 0 saturated carbocycles. The summed E-state index contributed by atoms with van der Waals surface area (Å²) in [5.41, 5.74) is 10.1.